The van der Waals surface area contributed by atoms with Crippen LogP contribution in [0.15, 0.2) is 42.5 Å². The second-order valence-electron chi connectivity index (χ2n) is 8.00. The van der Waals surface area contributed by atoms with E-state index in [4.69, 9.17) is 9.47 Å². The minimum atomic E-state index is -0.452. The fraction of sp³-hybridized carbons (Fsp3) is 0.500. The molecule has 1 aliphatic carbocycles. The van der Waals surface area contributed by atoms with Crippen LogP contribution in [0.5, 0.6) is 11.5 Å². The van der Waals surface area contributed by atoms with Crippen molar-refractivity contribution in [2.24, 2.45) is 0 Å². The maximum Gasteiger partial charge on any atom is 0.261 e. The summed E-state index contributed by atoms with van der Waals surface area (Å²) in [4.78, 5) is 12.6. The molecule has 0 aliphatic heterocycles. The van der Waals surface area contributed by atoms with Crippen molar-refractivity contribution in [1.29, 1.82) is 0 Å². The van der Waals surface area contributed by atoms with Gasteiger partial charge in [0.15, 0.2) is 6.10 Å². The van der Waals surface area contributed by atoms with Gasteiger partial charge < -0.3 is 14.8 Å². The first kappa shape index (κ1) is 22.2. The van der Waals surface area contributed by atoms with Gasteiger partial charge in [-0.2, -0.15) is 0 Å². The van der Waals surface area contributed by atoms with E-state index in [2.05, 4.69) is 30.4 Å². The molecule has 30 heavy (non-hydrogen) atoms. The summed E-state index contributed by atoms with van der Waals surface area (Å²) in [6, 6.07) is 14.4. The molecule has 2 aromatic rings. The van der Waals surface area contributed by atoms with Crippen LogP contribution in [0.3, 0.4) is 0 Å². The SMILES string of the molecule is CCCOc1ccccc1CCCNC(=O)C(CC)Oc1ccc2c(c1)CCCC2. The Labute approximate surface area is 181 Å². The minimum Gasteiger partial charge on any atom is -0.493 e. The molecule has 0 saturated carbocycles. The zero-order chi connectivity index (χ0) is 21.2. The highest BCUT2D eigenvalue weighted by atomic mass is 16.5. The number of benzene rings is 2. The Morgan fingerprint density at radius 2 is 1.87 bits per heavy atom. The van der Waals surface area contributed by atoms with E-state index in [1.165, 1.54) is 29.5 Å². The number of hydrogen-bond acceptors (Lipinski definition) is 3. The molecule has 1 unspecified atom stereocenters. The third-order valence-electron chi connectivity index (χ3n) is 5.62. The molecular weight excluding hydrogens is 374 g/mol. The summed E-state index contributed by atoms with van der Waals surface area (Å²) in [7, 11) is 0. The van der Waals surface area contributed by atoms with Gasteiger partial charge in [-0.25, -0.2) is 0 Å². The van der Waals surface area contributed by atoms with Crippen molar-refractivity contribution >= 4 is 5.91 Å². The molecule has 0 heterocycles. The summed E-state index contributed by atoms with van der Waals surface area (Å²) in [5, 5.41) is 3.04. The highest BCUT2D eigenvalue weighted by Crippen LogP contribution is 2.26. The maximum absolute atomic E-state index is 12.6. The predicted octanol–water partition coefficient (Wildman–Crippen LogP) is 5.26. The van der Waals surface area contributed by atoms with E-state index in [0.717, 1.165) is 50.2 Å². The summed E-state index contributed by atoms with van der Waals surface area (Å²) in [6.07, 6.45) is 7.70. The van der Waals surface area contributed by atoms with Gasteiger partial charge in [0.1, 0.15) is 11.5 Å². The van der Waals surface area contributed by atoms with E-state index in [-0.39, 0.29) is 5.91 Å². The van der Waals surface area contributed by atoms with Crippen LogP contribution in [0.4, 0.5) is 0 Å². The van der Waals surface area contributed by atoms with Gasteiger partial charge in [0.05, 0.1) is 6.61 Å². The third kappa shape index (κ3) is 6.25. The lowest BCUT2D eigenvalue weighted by atomic mass is 9.92. The zero-order valence-electron chi connectivity index (χ0n) is 18.4. The van der Waals surface area contributed by atoms with Gasteiger partial charge >= 0.3 is 0 Å². The van der Waals surface area contributed by atoms with E-state index in [1.807, 2.05) is 31.2 Å². The van der Waals surface area contributed by atoms with Gasteiger partial charge in [0.2, 0.25) is 0 Å². The summed E-state index contributed by atoms with van der Waals surface area (Å²) in [5.41, 5.74) is 3.99. The van der Waals surface area contributed by atoms with Gasteiger partial charge in [-0.15, -0.1) is 0 Å². The average molecular weight is 410 g/mol. The molecule has 0 aromatic heterocycles. The molecule has 1 N–H and O–H groups in total. The van der Waals surface area contributed by atoms with Crippen molar-refractivity contribution in [1.82, 2.24) is 5.32 Å². The molecule has 0 fully saturated rings. The Morgan fingerprint density at radius 3 is 2.67 bits per heavy atom. The molecular formula is C26H35NO3. The number of nitrogens with one attached hydrogen (secondary N) is 1. The summed E-state index contributed by atoms with van der Waals surface area (Å²) in [6.45, 7) is 5.45. The van der Waals surface area contributed by atoms with E-state index in [9.17, 15) is 4.79 Å². The Kier molecular flexibility index (Phi) is 8.61. The van der Waals surface area contributed by atoms with Crippen molar-refractivity contribution < 1.29 is 14.3 Å². The van der Waals surface area contributed by atoms with Crippen LogP contribution >= 0.6 is 0 Å². The molecule has 0 saturated heterocycles. The van der Waals surface area contributed by atoms with Crippen LogP contribution in [-0.4, -0.2) is 25.2 Å². The monoisotopic (exact) mass is 409 g/mol. The Hall–Kier alpha value is -2.49. The van der Waals surface area contributed by atoms with Gasteiger partial charge in [0.25, 0.3) is 5.91 Å². The molecule has 4 nitrogen and oxygen atoms in total. The molecule has 162 valence electrons. The summed E-state index contributed by atoms with van der Waals surface area (Å²) >= 11 is 0. The highest BCUT2D eigenvalue weighted by molar-refractivity contribution is 5.81. The largest absolute Gasteiger partial charge is 0.493 e. The smallest absolute Gasteiger partial charge is 0.261 e. The van der Waals surface area contributed by atoms with Gasteiger partial charge in [-0.1, -0.05) is 38.1 Å². The first-order valence-corrected chi connectivity index (χ1v) is 11.5. The molecule has 0 spiro atoms. The summed E-state index contributed by atoms with van der Waals surface area (Å²) in [5.74, 6) is 1.72. The second kappa shape index (κ2) is 11.6. The van der Waals surface area contributed by atoms with Crippen LogP contribution < -0.4 is 14.8 Å². The van der Waals surface area contributed by atoms with Crippen molar-refractivity contribution in [3.8, 4) is 11.5 Å². The quantitative estimate of drug-likeness (QED) is 0.515. The highest BCUT2D eigenvalue weighted by Gasteiger charge is 2.19. The van der Waals surface area contributed by atoms with E-state index in [0.29, 0.717) is 13.0 Å². The van der Waals surface area contributed by atoms with E-state index in [1.54, 1.807) is 0 Å². The topological polar surface area (TPSA) is 47.6 Å². The molecule has 3 rings (SSSR count). The fourth-order valence-electron chi connectivity index (χ4n) is 3.94. The number of rotatable bonds is 11. The number of amides is 1. The van der Waals surface area contributed by atoms with Crippen LogP contribution in [0.25, 0.3) is 0 Å². The minimum absolute atomic E-state index is 0.0364. The van der Waals surface area contributed by atoms with Gasteiger partial charge in [-0.3, -0.25) is 4.79 Å². The molecule has 1 aliphatic rings. The number of para-hydroxylation sites is 1. The Morgan fingerprint density at radius 1 is 1.07 bits per heavy atom. The normalized spacial score (nSPS) is 13.9. The Balaban J connectivity index is 1.47. The lowest BCUT2D eigenvalue weighted by molar-refractivity contribution is -0.128. The predicted molar refractivity (Wildman–Crippen MR) is 121 cm³/mol. The Bertz CT molecular complexity index is 818. The standard InChI is InChI=1S/C26H35NO3/c1-3-18-29-25-14-8-7-11-21(25)13-9-17-27-26(28)24(4-2)30-23-16-15-20-10-5-6-12-22(20)19-23/h7-8,11,14-16,19,24H,3-6,9-10,12-13,17-18H2,1-2H3,(H,27,28). The molecule has 0 radical (unpaired) electrons. The first-order chi connectivity index (χ1) is 14.7. The molecule has 4 heteroatoms. The number of carbonyl (C=O) groups excluding carboxylic acids is 1. The number of fused-ring (bicyclic) bond motifs is 1. The lowest BCUT2D eigenvalue weighted by Gasteiger charge is -2.20. The third-order valence-corrected chi connectivity index (χ3v) is 5.62. The van der Waals surface area contributed by atoms with Crippen LogP contribution in [-0.2, 0) is 24.1 Å². The van der Waals surface area contributed by atoms with E-state index >= 15 is 0 Å². The number of carbonyl (C=O) groups is 1. The van der Waals surface area contributed by atoms with Gasteiger partial charge in [0, 0.05) is 6.54 Å². The van der Waals surface area contributed by atoms with Gasteiger partial charge in [-0.05, 0) is 86.3 Å². The molecule has 1 amide bonds. The van der Waals surface area contributed by atoms with Crippen molar-refractivity contribution in [2.75, 3.05) is 13.2 Å². The van der Waals surface area contributed by atoms with Crippen molar-refractivity contribution in [2.45, 2.75) is 71.3 Å². The fourth-order valence-corrected chi connectivity index (χ4v) is 3.94. The molecule has 1 atom stereocenters. The molecule has 0 bridgehead atoms. The van der Waals surface area contributed by atoms with Crippen LogP contribution in [0, 0.1) is 0 Å². The maximum atomic E-state index is 12.6. The molecule has 2 aromatic carbocycles. The first-order valence-electron chi connectivity index (χ1n) is 11.5. The van der Waals surface area contributed by atoms with Crippen molar-refractivity contribution in [3.05, 3.63) is 59.2 Å². The number of hydrogen-bond donors (Lipinski definition) is 1. The lowest BCUT2D eigenvalue weighted by Crippen LogP contribution is -2.38. The van der Waals surface area contributed by atoms with Crippen molar-refractivity contribution in [3.63, 3.8) is 0 Å². The average Bonchev–Trinajstić information content (AvgIpc) is 2.79. The van der Waals surface area contributed by atoms with E-state index < -0.39 is 6.10 Å². The summed E-state index contributed by atoms with van der Waals surface area (Å²) < 4.78 is 11.9. The zero-order valence-corrected chi connectivity index (χ0v) is 18.4. The van der Waals surface area contributed by atoms with Crippen LogP contribution in [0.1, 0.15) is 62.6 Å². The number of ether oxygens (including phenoxy) is 2. The van der Waals surface area contributed by atoms with Crippen LogP contribution in [0.2, 0.25) is 0 Å². The second-order valence-corrected chi connectivity index (χ2v) is 8.00. The number of aryl methyl sites for hydroxylation is 3.